The molecular weight excluding hydrogens is 490 g/mol. The molecule has 0 bridgehead atoms. The van der Waals surface area contributed by atoms with Gasteiger partial charge in [-0.1, -0.05) is 24.8 Å². The highest BCUT2D eigenvalue weighted by molar-refractivity contribution is 7.89. The van der Waals surface area contributed by atoms with Gasteiger partial charge in [-0.2, -0.15) is 4.31 Å². The number of hydrogen-bond acceptors (Lipinski definition) is 5. The number of carbonyl (C=O) groups is 2. The fourth-order valence-corrected chi connectivity index (χ4v) is 7.62. The maximum atomic E-state index is 13.8. The topological polar surface area (TPSA) is 105 Å². The highest BCUT2D eigenvalue weighted by Crippen LogP contribution is 2.42. The number of methoxy groups -OCH3 is 1. The number of ether oxygens (including phenoxy) is 1. The Morgan fingerprint density at radius 3 is 2.22 bits per heavy atom. The molecule has 1 aliphatic heterocycles. The minimum Gasteiger partial charge on any atom is -0.496 e. The molecule has 3 rings (SSSR count). The number of nitrogens with zero attached hydrogens (tertiary/aromatic N) is 1. The fourth-order valence-electron chi connectivity index (χ4n) is 5.48. The van der Waals surface area contributed by atoms with Crippen LogP contribution in [-0.4, -0.2) is 55.3 Å². The normalized spacial score (nSPS) is 17.5. The van der Waals surface area contributed by atoms with Crippen molar-refractivity contribution in [3.63, 3.8) is 0 Å². The standard InChI is InChI=1S/C28H37N3O5S/c1-7-25(32)30-22-18-27(2,3)31(28(4,5)19-22)37(34,35)23-14-12-21(13-15-23)26(33)29-17-16-20-10-8-9-11-24(20)36-6/h7-15,22H,1,16-19H2,2-6H3,(H,29,33)(H,30,32). The molecule has 37 heavy (non-hydrogen) atoms. The summed E-state index contributed by atoms with van der Waals surface area (Å²) in [7, 11) is -2.27. The maximum absolute atomic E-state index is 13.8. The number of piperidine rings is 1. The van der Waals surface area contributed by atoms with E-state index in [9.17, 15) is 18.0 Å². The summed E-state index contributed by atoms with van der Waals surface area (Å²) >= 11 is 0. The first-order chi connectivity index (χ1) is 17.3. The third kappa shape index (κ3) is 6.40. The maximum Gasteiger partial charge on any atom is 0.251 e. The molecule has 0 atom stereocenters. The van der Waals surface area contributed by atoms with Gasteiger partial charge in [-0.05, 0) is 88.9 Å². The number of para-hydroxylation sites is 1. The summed E-state index contributed by atoms with van der Waals surface area (Å²) < 4.78 is 34.4. The third-order valence-electron chi connectivity index (χ3n) is 6.65. The average molecular weight is 528 g/mol. The number of hydrogen-bond donors (Lipinski definition) is 2. The molecule has 2 amide bonds. The lowest BCUT2D eigenvalue weighted by Crippen LogP contribution is -2.65. The molecule has 0 aromatic heterocycles. The molecule has 9 heteroatoms. The van der Waals surface area contributed by atoms with Crippen LogP contribution in [0.5, 0.6) is 5.75 Å². The van der Waals surface area contributed by atoms with Crippen LogP contribution in [0.2, 0.25) is 0 Å². The van der Waals surface area contributed by atoms with Gasteiger partial charge in [0.05, 0.1) is 12.0 Å². The number of benzene rings is 2. The van der Waals surface area contributed by atoms with Crippen LogP contribution in [0, 0.1) is 0 Å². The van der Waals surface area contributed by atoms with Gasteiger partial charge in [0.1, 0.15) is 5.75 Å². The second kappa shape index (κ2) is 11.1. The van der Waals surface area contributed by atoms with Gasteiger partial charge in [-0.3, -0.25) is 9.59 Å². The average Bonchev–Trinajstić information content (AvgIpc) is 2.82. The number of carbonyl (C=O) groups excluding carboxylic acids is 2. The first kappa shape index (κ1) is 28.4. The molecule has 8 nitrogen and oxygen atoms in total. The lowest BCUT2D eigenvalue weighted by molar-refractivity contribution is -0.118. The summed E-state index contributed by atoms with van der Waals surface area (Å²) in [5.74, 6) is 0.215. The van der Waals surface area contributed by atoms with Crippen LogP contribution in [0.3, 0.4) is 0 Å². The van der Waals surface area contributed by atoms with E-state index in [1.54, 1.807) is 7.11 Å². The van der Waals surface area contributed by atoms with Crippen LogP contribution in [-0.2, 0) is 21.2 Å². The largest absolute Gasteiger partial charge is 0.496 e. The minimum atomic E-state index is -3.88. The Morgan fingerprint density at radius 1 is 1.05 bits per heavy atom. The van der Waals surface area contributed by atoms with E-state index in [1.807, 2.05) is 52.0 Å². The van der Waals surface area contributed by atoms with Crippen LogP contribution in [0.4, 0.5) is 0 Å². The number of nitrogens with one attached hydrogen (secondary N) is 2. The summed E-state index contributed by atoms with van der Waals surface area (Å²) in [4.78, 5) is 24.6. The van der Waals surface area contributed by atoms with E-state index in [1.165, 1.54) is 34.6 Å². The quantitative estimate of drug-likeness (QED) is 0.484. The molecule has 0 unspecified atom stereocenters. The van der Waals surface area contributed by atoms with Gasteiger partial charge in [0.2, 0.25) is 15.9 Å². The molecule has 0 saturated carbocycles. The number of sulfonamides is 1. The van der Waals surface area contributed by atoms with E-state index < -0.39 is 21.1 Å². The van der Waals surface area contributed by atoms with Crippen molar-refractivity contribution in [2.75, 3.05) is 13.7 Å². The number of rotatable bonds is 9. The van der Waals surface area contributed by atoms with Gasteiger partial charge < -0.3 is 15.4 Å². The zero-order valence-corrected chi connectivity index (χ0v) is 23.0. The van der Waals surface area contributed by atoms with Crippen molar-refractivity contribution in [1.82, 2.24) is 14.9 Å². The second-order valence-corrected chi connectivity index (χ2v) is 12.3. The van der Waals surface area contributed by atoms with Crippen LogP contribution in [0.15, 0.2) is 66.1 Å². The molecule has 1 aliphatic rings. The Morgan fingerprint density at radius 2 is 1.65 bits per heavy atom. The second-order valence-electron chi connectivity index (χ2n) is 10.6. The van der Waals surface area contributed by atoms with Gasteiger partial charge in [0.15, 0.2) is 0 Å². The van der Waals surface area contributed by atoms with Crippen LogP contribution < -0.4 is 15.4 Å². The van der Waals surface area contributed by atoms with E-state index >= 15 is 0 Å². The Bertz CT molecular complexity index is 1230. The molecule has 2 aromatic rings. The minimum absolute atomic E-state index is 0.118. The van der Waals surface area contributed by atoms with Gasteiger partial charge in [0, 0.05) is 29.2 Å². The Hall–Kier alpha value is -3.17. The lowest BCUT2D eigenvalue weighted by Gasteiger charge is -2.53. The monoisotopic (exact) mass is 527 g/mol. The molecule has 200 valence electrons. The van der Waals surface area contributed by atoms with E-state index in [0.717, 1.165) is 11.3 Å². The first-order valence-electron chi connectivity index (χ1n) is 12.3. The molecule has 0 radical (unpaired) electrons. The molecule has 0 aliphatic carbocycles. The van der Waals surface area contributed by atoms with Crippen molar-refractivity contribution in [2.24, 2.45) is 0 Å². The van der Waals surface area contributed by atoms with Crippen molar-refractivity contribution < 1.29 is 22.7 Å². The van der Waals surface area contributed by atoms with Crippen molar-refractivity contribution in [3.05, 3.63) is 72.3 Å². The molecule has 1 fully saturated rings. The Kier molecular flexibility index (Phi) is 8.49. The molecule has 1 heterocycles. The van der Waals surface area contributed by atoms with Gasteiger partial charge >= 0.3 is 0 Å². The zero-order valence-electron chi connectivity index (χ0n) is 22.2. The molecule has 1 saturated heterocycles. The van der Waals surface area contributed by atoms with E-state index in [2.05, 4.69) is 17.2 Å². The predicted octanol–water partition coefficient (Wildman–Crippen LogP) is 3.68. The highest BCUT2D eigenvalue weighted by Gasteiger charge is 2.51. The Labute approximate surface area is 220 Å². The fraction of sp³-hybridized carbons (Fsp3) is 0.429. The van der Waals surface area contributed by atoms with Crippen LogP contribution in [0.1, 0.15) is 56.5 Å². The van der Waals surface area contributed by atoms with Crippen molar-refractivity contribution in [3.8, 4) is 5.75 Å². The summed E-state index contributed by atoms with van der Waals surface area (Å²) in [6.07, 6.45) is 2.75. The molecule has 2 aromatic carbocycles. The lowest BCUT2D eigenvalue weighted by atomic mass is 9.79. The summed E-state index contributed by atoms with van der Waals surface area (Å²) in [5, 5.41) is 5.79. The smallest absolute Gasteiger partial charge is 0.251 e. The third-order valence-corrected chi connectivity index (χ3v) is 8.99. The summed E-state index contributed by atoms with van der Waals surface area (Å²) in [6, 6.07) is 13.5. The van der Waals surface area contributed by atoms with Gasteiger partial charge in [-0.15, -0.1) is 0 Å². The summed E-state index contributed by atoms with van der Waals surface area (Å²) in [5.41, 5.74) is -0.143. The SMILES string of the molecule is C=CC(=O)NC1CC(C)(C)N(S(=O)(=O)c2ccc(C(=O)NCCc3ccccc3OC)cc2)C(C)(C)C1. The Balaban J connectivity index is 1.72. The van der Waals surface area contributed by atoms with Crippen LogP contribution >= 0.6 is 0 Å². The number of amides is 2. The molecular formula is C28H37N3O5S. The van der Waals surface area contributed by atoms with Crippen LogP contribution in [0.25, 0.3) is 0 Å². The van der Waals surface area contributed by atoms with E-state index in [-0.39, 0.29) is 22.8 Å². The van der Waals surface area contributed by atoms with Gasteiger partial charge in [0.25, 0.3) is 5.91 Å². The first-order valence-corrected chi connectivity index (χ1v) is 13.7. The van der Waals surface area contributed by atoms with Crippen molar-refractivity contribution in [2.45, 2.75) is 69.0 Å². The zero-order chi connectivity index (χ0) is 27.4. The van der Waals surface area contributed by atoms with Gasteiger partial charge in [-0.25, -0.2) is 8.42 Å². The molecule has 0 spiro atoms. The van der Waals surface area contributed by atoms with E-state index in [0.29, 0.717) is 31.4 Å². The predicted molar refractivity (Wildman–Crippen MR) is 144 cm³/mol. The summed E-state index contributed by atoms with van der Waals surface area (Å²) in [6.45, 7) is 11.4. The highest BCUT2D eigenvalue weighted by atomic mass is 32.2. The van der Waals surface area contributed by atoms with Crippen molar-refractivity contribution >= 4 is 21.8 Å². The van der Waals surface area contributed by atoms with Crippen molar-refractivity contribution in [1.29, 1.82) is 0 Å². The van der Waals surface area contributed by atoms with E-state index in [4.69, 9.17) is 4.74 Å². The molecule has 2 N–H and O–H groups in total.